The average molecular weight is 385 g/mol. The van der Waals surface area contributed by atoms with Crippen molar-refractivity contribution in [1.29, 1.82) is 5.41 Å². The first-order valence-electron chi connectivity index (χ1n) is 9.56. The number of amidine groups is 1. The number of hydrogen-bond acceptors (Lipinski definition) is 4. The van der Waals surface area contributed by atoms with Crippen LogP contribution in [0.4, 0.5) is 5.69 Å². The minimum atomic E-state index is -0.335. The molecule has 146 valence electrons. The number of carbonyl (C=O) groups is 1. The molecule has 5 heteroatoms. The van der Waals surface area contributed by atoms with Gasteiger partial charge in [0.05, 0.1) is 12.7 Å². The zero-order valence-electron chi connectivity index (χ0n) is 16.3. The predicted octanol–water partition coefficient (Wildman–Crippen LogP) is 3.99. The normalized spacial score (nSPS) is 12.5. The summed E-state index contributed by atoms with van der Waals surface area (Å²) in [7, 11) is 1.40. The fourth-order valence-corrected chi connectivity index (χ4v) is 3.93. The van der Waals surface area contributed by atoms with Crippen LogP contribution in [0, 0.1) is 5.41 Å². The summed E-state index contributed by atoms with van der Waals surface area (Å²) in [4.78, 5) is 14.6. The molecule has 0 unspecified atom stereocenters. The summed E-state index contributed by atoms with van der Waals surface area (Å²) in [6.07, 6.45) is 0.928. The molecule has 0 atom stereocenters. The second kappa shape index (κ2) is 7.80. The molecule has 5 nitrogen and oxygen atoms in total. The van der Waals surface area contributed by atoms with Gasteiger partial charge in [0.15, 0.2) is 0 Å². The van der Waals surface area contributed by atoms with Gasteiger partial charge in [-0.2, -0.15) is 0 Å². The topological polar surface area (TPSA) is 79.4 Å². The maximum absolute atomic E-state index is 12.3. The molecule has 0 spiro atoms. The number of esters is 1. The monoisotopic (exact) mass is 385 g/mol. The van der Waals surface area contributed by atoms with Crippen molar-refractivity contribution < 1.29 is 9.53 Å². The second-order valence-corrected chi connectivity index (χ2v) is 7.12. The molecule has 3 aromatic carbocycles. The standard InChI is InChI=1S/C24H23N3O2/c1-29-24(28)21-9-5-4-8-20(21)19-7-3-2-6-18(19)15-27-13-12-16-14-17(23(25)26)10-11-22(16)27/h2-11,14H,12-13,15H2,1H3,(H3,25,26). The Morgan fingerprint density at radius 3 is 2.55 bits per heavy atom. The number of fused-ring (bicyclic) bond motifs is 1. The van der Waals surface area contributed by atoms with Crippen LogP contribution >= 0.6 is 0 Å². The van der Waals surface area contributed by atoms with Crippen LogP contribution in [-0.4, -0.2) is 25.5 Å². The molecule has 0 aromatic heterocycles. The third-order valence-corrected chi connectivity index (χ3v) is 5.38. The molecule has 1 aliphatic heterocycles. The van der Waals surface area contributed by atoms with E-state index in [0.29, 0.717) is 5.56 Å². The number of methoxy groups -OCH3 is 1. The third-order valence-electron chi connectivity index (χ3n) is 5.38. The highest BCUT2D eigenvalue weighted by Gasteiger charge is 2.22. The fraction of sp³-hybridized carbons (Fsp3) is 0.167. The second-order valence-electron chi connectivity index (χ2n) is 7.12. The Balaban J connectivity index is 1.69. The van der Waals surface area contributed by atoms with Gasteiger partial charge in [0.25, 0.3) is 0 Å². The number of nitrogens with zero attached hydrogens (tertiary/aromatic N) is 1. The van der Waals surface area contributed by atoms with Crippen molar-refractivity contribution in [3.63, 3.8) is 0 Å². The molecule has 1 aliphatic rings. The first kappa shape index (κ1) is 18.7. The van der Waals surface area contributed by atoms with Crippen LogP contribution in [0.3, 0.4) is 0 Å². The van der Waals surface area contributed by atoms with E-state index in [1.54, 1.807) is 6.07 Å². The summed E-state index contributed by atoms with van der Waals surface area (Å²) < 4.78 is 4.97. The molecule has 3 N–H and O–H groups in total. The van der Waals surface area contributed by atoms with Gasteiger partial charge in [-0.25, -0.2) is 4.79 Å². The van der Waals surface area contributed by atoms with Gasteiger partial charge in [0.2, 0.25) is 0 Å². The van der Waals surface area contributed by atoms with Crippen molar-refractivity contribution in [3.05, 3.63) is 89.0 Å². The Morgan fingerprint density at radius 2 is 1.79 bits per heavy atom. The maximum Gasteiger partial charge on any atom is 0.338 e. The Morgan fingerprint density at radius 1 is 1.07 bits per heavy atom. The molecule has 3 aromatic rings. The van der Waals surface area contributed by atoms with E-state index in [-0.39, 0.29) is 11.8 Å². The Labute approximate surface area is 170 Å². The van der Waals surface area contributed by atoms with Crippen LogP contribution in [0.1, 0.15) is 27.0 Å². The van der Waals surface area contributed by atoms with Gasteiger partial charge in [-0.3, -0.25) is 5.41 Å². The smallest absolute Gasteiger partial charge is 0.338 e. The van der Waals surface area contributed by atoms with Crippen LogP contribution < -0.4 is 10.6 Å². The van der Waals surface area contributed by atoms with Crippen molar-refractivity contribution in [2.45, 2.75) is 13.0 Å². The fourth-order valence-electron chi connectivity index (χ4n) is 3.93. The molecule has 0 saturated heterocycles. The van der Waals surface area contributed by atoms with Crippen LogP contribution in [-0.2, 0) is 17.7 Å². The summed E-state index contributed by atoms with van der Waals surface area (Å²) in [5, 5.41) is 7.65. The van der Waals surface area contributed by atoms with Crippen molar-refractivity contribution in [1.82, 2.24) is 0 Å². The van der Waals surface area contributed by atoms with Gasteiger partial charge in [0, 0.05) is 24.3 Å². The Kier molecular flexibility index (Phi) is 5.04. The summed E-state index contributed by atoms with van der Waals surface area (Å²) >= 11 is 0. The summed E-state index contributed by atoms with van der Waals surface area (Å²) in [5.74, 6) is -0.241. The lowest BCUT2D eigenvalue weighted by molar-refractivity contribution is 0.0601. The Bertz CT molecular complexity index is 1090. The molecule has 1 heterocycles. The number of hydrogen-bond donors (Lipinski definition) is 2. The average Bonchev–Trinajstić information content (AvgIpc) is 3.15. The minimum Gasteiger partial charge on any atom is -0.465 e. The van der Waals surface area contributed by atoms with Crippen molar-refractivity contribution in [2.24, 2.45) is 5.73 Å². The quantitative estimate of drug-likeness (QED) is 0.395. The molecule has 0 amide bonds. The van der Waals surface area contributed by atoms with Crippen molar-refractivity contribution >= 4 is 17.5 Å². The van der Waals surface area contributed by atoms with Crippen LogP contribution in [0.15, 0.2) is 66.7 Å². The number of nitrogens with two attached hydrogens (primary N) is 1. The molecule has 0 fully saturated rings. The zero-order valence-corrected chi connectivity index (χ0v) is 16.3. The van der Waals surface area contributed by atoms with E-state index < -0.39 is 0 Å². The van der Waals surface area contributed by atoms with Gasteiger partial charge in [-0.05, 0) is 52.9 Å². The summed E-state index contributed by atoms with van der Waals surface area (Å²) in [6, 6.07) is 21.7. The van der Waals surface area contributed by atoms with E-state index in [2.05, 4.69) is 11.0 Å². The number of benzene rings is 3. The SMILES string of the molecule is COC(=O)c1ccccc1-c1ccccc1CN1CCc2cc(C(=N)N)ccc21. The molecule has 29 heavy (non-hydrogen) atoms. The van der Waals surface area contributed by atoms with E-state index in [1.165, 1.54) is 18.4 Å². The molecular formula is C24H23N3O2. The highest BCUT2D eigenvalue weighted by atomic mass is 16.5. The number of rotatable bonds is 5. The molecule has 0 radical (unpaired) electrons. The molecule has 0 aliphatic carbocycles. The maximum atomic E-state index is 12.3. The summed E-state index contributed by atoms with van der Waals surface area (Å²) in [6.45, 7) is 1.64. The Hall–Kier alpha value is -3.60. The van der Waals surface area contributed by atoms with Gasteiger partial charge in [0.1, 0.15) is 5.84 Å². The predicted molar refractivity (Wildman–Crippen MR) is 115 cm³/mol. The minimum absolute atomic E-state index is 0.0935. The largest absolute Gasteiger partial charge is 0.465 e. The number of nitrogen functional groups attached to an aromatic ring is 1. The lowest BCUT2D eigenvalue weighted by atomic mass is 9.95. The zero-order chi connectivity index (χ0) is 20.4. The lowest BCUT2D eigenvalue weighted by Crippen LogP contribution is -2.20. The third kappa shape index (κ3) is 3.59. The number of carbonyl (C=O) groups excluding carboxylic acids is 1. The first-order chi connectivity index (χ1) is 14.1. The molecular weight excluding hydrogens is 362 g/mol. The molecule has 0 saturated carbocycles. The number of nitrogens with one attached hydrogen (secondary N) is 1. The first-order valence-corrected chi connectivity index (χ1v) is 9.56. The van der Waals surface area contributed by atoms with Gasteiger partial charge < -0.3 is 15.4 Å². The van der Waals surface area contributed by atoms with Crippen molar-refractivity contribution in [3.8, 4) is 11.1 Å². The lowest BCUT2D eigenvalue weighted by Gasteiger charge is -2.22. The van der Waals surface area contributed by atoms with Crippen LogP contribution in [0.25, 0.3) is 11.1 Å². The van der Waals surface area contributed by atoms with E-state index in [1.807, 2.05) is 54.6 Å². The van der Waals surface area contributed by atoms with E-state index in [0.717, 1.165) is 41.8 Å². The van der Waals surface area contributed by atoms with Gasteiger partial charge in [-0.15, -0.1) is 0 Å². The van der Waals surface area contributed by atoms with Crippen LogP contribution in [0.5, 0.6) is 0 Å². The van der Waals surface area contributed by atoms with E-state index in [9.17, 15) is 4.79 Å². The van der Waals surface area contributed by atoms with Gasteiger partial charge in [-0.1, -0.05) is 42.5 Å². The molecule has 4 rings (SSSR count). The highest BCUT2D eigenvalue weighted by molar-refractivity contribution is 5.98. The molecule has 0 bridgehead atoms. The van der Waals surface area contributed by atoms with E-state index >= 15 is 0 Å². The van der Waals surface area contributed by atoms with E-state index in [4.69, 9.17) is 15.9 Å². The van der Waals surface area contributed by atoms with Gasteiger partial charge >= 0.3 is 5.97 Å². The van der Waals surface area contributed by atoms with Crippen molar-refractivity contribution in [2.75, 3.05) is 18.6 Å². The number of anilines is 1. The summed E-state index contributed by atoms with van der Waals surface area (Å²) in [5.41, 5.74) is 12.4. The number of ether oxygens (including phenoxy) is 1. The van der Waals surface area contributed by atoms with Crippen LogP contribution in [0.2, 0.25) is 0 Å². The highest BCUT2D eigenvalue weighted by Crippen LogP contribution is 2.33.